The van der Waals surface area contributed by atoms with E-state index in [0.717, 1.165) is 17.1 Å². The molecule has 2 aliphatic rings. The van der Waals surface area contributed by atoms with E-state index in [1.54, 1.807) is 51.9 Å². The molecule has 4 aromatic heterocycles. The SMILES string of the molecule is CCn1nc(C)cc1C(=O)Nc1nc2cc(C(N)=O)cc(OC)c2n1C/C=C/Cn1c(NC(=O)c2cc(C)nn2CC)nc2cc(C(=O)O)cc(OCCCN(C)C(=O)OCc3ccc(OC4OC[C@@H](O)[C@H](O)[C@H]4O)cc3NC(=O)CCNC(=O)CCN3C(=O)C=CC3=O)c21. The maximum absolute atomic E-state index is 14.1. The lowest BCUT2D eigenvalue weighted by Crippen LogP contribution is -2.54. The molecule has 7 aromatic rings. The molecule has 9 rings (SSSR count). The number of nitrogens with one attached hydrogen (secondary N) is 4. The number of hydrogen-bond acceptors (Lipinski definition) is 21. The molecule has 1 saturated heterocycles. The van der Waals surface area contributed by atoms with E-state index in [1.807, 2.05) is 13.8 Å². The molecule has 6 heterocycles. The van der Waals surface area contributed by atoms with Crippen LogP contribution in [0.25, 0.3) is 22.1 Å². The van der Waals surface area contributed by atoms with Crippen molar-refractivity contribution in [3.8, 4) is 17.2 Å². The molecule has 3 aromatic carbocycles. The van der Waals surface area contributed by atoms with Gasteiger partial charge in [-0.2, -0.15) is 10.2 Å². The van der Waals surface area contributed by atoms with Gasteiger partial charge in [-0.3, -0.25) is 58.5 Å². The van der Waals surface area contributed by atoms with E-state index in [1.165, 1.54) is 66.2 Å². The molecule has 0 bridgehead atoms. The minimum absolute atomic E-state index is 0.00404. The molecule has 4 atom stereocenters. The van der Waals surface area contributed by atoms with Crippen molar-refractivity contribution in [3.63, 3.8) is 0 Å². The highest BCUT2D eigenvalue weighted by Gasteiger charge is 2.39. The smallest absolute Gasteiger partial charge is 0.409 e. The summed E-state index contributed by atoms with van der Waals surface area (Å²) in [5.41, 5.74) is 8.74. The summed E-state index contributed by atoms with van der Waals surface area (Å²) in [6, 6.07) is 13.0. The lowest BCUT2D eigenvalue weighted by atomic mass is 10.1. The molecule has 95 heavy (non-hydrogen) atoms. The number of anilines is 3. The Labute approximate surface area is 541 Å². The van der Waals surface area contributed by atoms with Crippen molar-refractivity contribution in [2.75, 3.05) is 63.0 Å². The van der Waals surface area contributed by atoms with Gasteiger partial charge in [0.15, 0.2) is 0 Å². The quantitative estimate of drug-likeness (QED) is 0.0185. The number of allylic oxidation sites excluding steroid dienone is 2. The number of imidazole rings is 2. The lowest BCUT2D eigenvalue weighted by molar-refractivity contribution is -0.242. The highest BCUT2D eigenvalue weighted by atomic mass is 16.7. The van der Waals surface area contributed by atoms with Gasteiger partial charge in [0.05, 0.1) is 54.0 Å². The van der Waals surface area contributed by atoms with Crippen molar-refractivity contribution in [1.82, 2.24) is 53.8 Å². The van der Waals surface area contributed by atoms with Crippen LogP contribution in [-0.2, 0) is 61.4 Å². The van der Waals surface area contributed by atoms with Crippen molar-refractivity contribution >= 4 is 93.1 Å². The summed E-state index contributed by atoms with van der Waals surface area (Å²) in [6.07, 6.45) is -1.49. The number of aromatic nitrogens is 8. The van der Waals surface area contributed by atoms with Crippen LogP contribution in [-0.4, -0.2) is 194 Å². The molecule has 0 spiro atoms. The van der Waals surface area contributed by atoms with Gasteiger partial charge in [-0.25, -0.2) is 19.6 Å². The number of carboxylic acid groups (broad SMARTS) is 1. The molecule has 1 fully saturated rings. The number of ether oxygens (including phenoxy) is 5. The normalized spacial score (nSPS) is 16.2. The second-order valence-electron chi connectivity index (χ2n) is 21.9. The van der Waals surface area contributed by atoms with Gasteiger partial charge in [0.2, 0.25) is 35.9 Å². The maximum atomic E-state index is 14.1. The molecule has 2 aliphatic heterocycles. The molecule has 0 aliphatic carbocycles. The monoisotopic (exact) mass is 1310 g/mol. The maximum Gasteiger partial charge on any atom is 0.409 e. The number of carboxylic acids is 1. The lowest BCUT2D eigenvalue weighted by Gasteiger charge is -2.35. The zero-order valence-electron chi connectivity index (χ0n) is 52.6. The Morgan fingerprint density at radius 3 is 1.93 bits per heavy atom. The van der Waals surface area contributed by atoms with Gasteiger partial charge in [-0.1, -0.05) is 12.2 Å². The number of rotatable bonds is 29. The zero-order valence-corrected chi connectivity index (χ0v) is 52.6. The van der Waals surface area contributed by atoms with E-state index < -0.39 is 84.6 Å². The molecule has 502 valence electrons. The Bertz CT molecular complexity index is 4170. The highest BCUT2D eigenvalue weighted by molar-refractivity contribution is 6.13. The molecule has 33 heteroatoms. The standard InChI is InChI=1S/C62H71N15O18/c1-7-76-42(24-33(3)70-76)56(86)68-60-66-40-26-36(55(63)85)28-45(91-6)51(40)74(60)20-9-10-21-75-52-41(67-61(75)69-57(87)43-25-34(4)71-77(43)8-2)27-37(58(88)89)29-46(52)92-23-11-19-72(5)62(90)94-31-35-12-13-38(95-59-54(84)53(83)44(78)32-93-59)30-39(35)65-48(80)16-18-64-47(79)17-22-73-49(81)14-15-50(73)82/h9-10,12-15,24-30,44,53-54,59,78,83-84H,7-8,11,16-23,31-32H2,1-6H3,(H2,63,85)(H,64,79)(H,65,80)(H,88,89)(H,66,68,86)(H,67,69,87)/b10-9+/t44-,53+,54-,59?/m1/s1. The third-order valence-corrected chi connectivity index (χ3v) is 15.2. The summed E-state index contributed by atoms with van der Waals surface area (Å²) in [5, 5.41) is 60.8. The first-order chi connectivity index (χ1) is 45.4. The number of aryl methyl sites for hydroxylation is 4. The average Bonchev–Trinajstić information content (AvgIpc) is 1.64. The number of aromatic carboxylic acids is 1. The van der Waals surface area contributed by atoms with Crippen LogP contribution in [0, 0.1) is 13.8 Å². The van der Waals surface area contributed by atoms with E-state index in [9.17, 15) is 63.6 Å². The molecule has 0 saturated carbocycles. The number of carbonyl (C=O) groups is 9. The van der Waals surface area contributed by atoms with Crippen molar-refractivity contribution in [1.29, 1.82) is 0 Å². The molecular formula is C62H71N15O18. The first-order valence-electron chi connectivity index (χ1n) is 30.0. The fourth-order valence-corrected chi connectivity index (χ4v) is 10.4. The number of fused-ring (bicyclic) bond motifs is 2. The van der Waals surface area contributed by atoms with Crippen molar-refractivity contribution in [3.05, 3.63) is 118 Å². The van der Waals surface area contributed by atoms with Gasteiger partial charge in [0.25, 0.3) is 23.6 Å². The fourth-order valence-electron chi connectivity index (χ4n) is 10.4. The van der Waals surface area contributed by atoms with Crippen LogP contribution in [0.4, 0.5) is 22.4 Å². The Morgan fingerprint density at radius 2 is 1.35 bits per heavy atom. The number of hydrogen-bond donors (Lipinski definition) is 9. The number of imide groups is 1. The van der Waals surface area contributed by atoms with Gasteiger partial charge in [-0.05, 0) is 82.6 Å². The van der Waals surface area contributed by atoms with Gasteiger partial charge in [0, 0.05) is 95.0 Å². The van der Waals surface area contributed by atoms with Gasteiger partial charge < -0.3 is 74.5 Å². The van der Waals surface area contributed by atoms with Crippen molar-refractivity contribution < 1.29 is 87.3 Å². The minimum Gasteiger partial charge on any atom is -0.494 e. The van der Waals surface area contributed by atoms with E-state index >= 15 is 0 Å². The number of amides is 8. The van der Waals surface area contributed by atoms with Crippen LogP contribution in [0.15, 0.2) is 78.9 Å². The summed E-state index contributed by atoms with van der Waals surface area (Å²) < 4.78 is 35.2. The summed E-state index contributed by atoms with van der Waals surface area (Å²) in [4.78, 5) is 128. The van der Waals surface area contributed by atoms with Crippen LogP contribution in [0.2, 0.25) is 0 Å². The number of nitrogens with zero attached hydrogens (tertiary/aromatic N) is 10. The van der Waals surface area contributed by atoms with E-state index in [2.05, 4.69) is 36.4 Å². The van der Waals surface area contributed by atoms with Crippen LogP contribution in [0.5, 0.6) is 17.2 Å². The number of carbonyl (C=O) groups excluding carboxylic acids is 8. The van der Waals surface area contributed by atoms with Gasteiger partial charge in [0.1, 0.15) is 64.6 Å². The third-order valence-electron chi connectivity index (χ3n) is 15.2. The third kappa shape index (κ3) is 16.1. The first kappa shape index (κ1) is 68.3. The number of nitrogens with two attached hydrogens (primary N) is 1. The van der Waals surface area contributed by atoms with E-state index in [-0.39, 0.29) is 145 Å². The summed E-state index contributed by atoms with van der Waals surface area (Å²) >= 11 is 0. The first-order valence-corrected chi connectivity index (χ1v) is 30.0. The minimum atomic E-state index is -1.66. The molecule has 10 N–H and O–H groups in total. The summed E-state index contributed by atoms with van der Waals surface area (Å²) in [5.74, 6) is -4.94. The summed E-state index contributed by atoms with van der Waals surface area (Å²) in [7, 11) is 2.87. The Morgan fingerprint density at radius 1 is 0.758 bits per heavy atom. The number of aliphatic hydroxyl groups excluding tert-OH is 3. The van der Waals surface area contributed by atoms with E-state index in [4.69, 9.17) is 34.4 Å². The number of primary amides is 1. The van der Waals surface area contributed by atoms with Crippen molar-refractivity contribution in [2.45, 2.75) is 104 Å². The van der Waals surface area contributed by atoms with Gasteiger partial charge in [-0.15, -0.1) is 0 Å². The van der Waals surface area contributed by atoms with Crippen molar-refractivity contribution in [2.24, 2.45) is 5.73 Å². The van der Waals surface area contributed by atoms with Crippen LogP contribution >= 0.6 is 0 Å². The number of methoxy groups -OCH3 is 1. The Hall–Kier alpha value is -11.0. The Balaban J connectivity index is 0.913. The number of benzene rings is 3. The predicted octanol–water partition coefficient (Wildman–Crippen LogP) is 2.62. The van der Waals surface area contributed by atoms with Gasteiger partial charge >= 0.3 is 12.1 Å². The van der Waals surface area contributed by atoms with Crippen LogP contribution < -0.4 is 41.2 Å². The fraction of sp³-hybridized carbons (Fsp3) is 0.371. The zero-order chi connectivity index (χ0) is 68.4. The largest absolute Gasteiger partial charge is 0.494 e. The average molecular weight is 1310 g/mol. The molecule has 8 amide bonds. The molecule has 33 nitrogen and oxygen atoms in total. The predicted molar refractivity (Wildman–Crippen MR) is 336 cm³/mol. The topological polar surface area (TPSA) is 433 Å². The molecule has 0 radical (unpaired) electrons. The summed E-state index contributed by atoms with van der Waals surface area (Å²) in [6.45, 7) is 6.81. The van der Waals surface area contributed by atoms with Crippen LogP contribution in [0.1, 0.15) is 91.8 Å². The molecule has 1 unspecified atom stereocenters. The number of aliphatic hydroxyl groups is 3. The Kier molecular flexibility index (Phi) is 21.7. The van der Waals surface area contributed by atoms with E-state index in [0.29, 0.717) is 30.0 Å². The second kappa shape index (κ2) is 30.2. The highest BCUT2D eigenvalue weighted by Crippen LogP contribution is 2.34. The molecular weight excluding hydrogens is 1240 g/mol. The second-order valence-corrected chi connectivity index (χ2v) is 21.9. The van der Waals surface area contributed by atoms with Crippen LogP contribution in [0.3, 0.4) is 0 Å².